The molecule has 0 fully saturated rings. The van der Waals surface area contributed by atoms with E-state index in [0.29, 0.717) is 19.4 Å². The molecule has 1 amide bonds. The number of hydrogen-bond acceptors (Lipinski definition) is 5. The van der Waals surface area contributed by atoms with Crippen molar-refractivity contribution in [1.82, 2.24) is 0 Å². The number of unbranched alkanes of at least 4 members (excludes halogenated alkanes) is 4. The largest absolute Gasteiger partial charge is 0.481 e. The lowest BCUT2D eigenvalue weighted by atomic mass is 10.2. The highest BCUT2D eigenvalue weighted by molar-refractivity contribution is 5.76. The van der Waals surface area contributed by atoms with Crippen LogP contribution in [0.25, 0.3) is 10.4 Å². The summed E-state index contributed by atoms with van der Waals surface area (Å²) in [5.41, 5.74) is 12.9. The third-order valence-corrected chi connectivity index (χ3v) is 2.89. The van der Waals surface area contributed by atoms with Crippen molar-refractivity contribution in [2.24, 2.45) is 15.8 Å². The molecule has 0 aliphatic heterocycles. The molecule has 0 unspecified atom stereocenters. The van der Waals surface area contributed by atoms with Gasteiger partial charge < -0.3 is 10.8 Å². The van der Waals surface area contributed by atoms with Crippen LogP contribution in [-0.4, -0.2) is 36.2 Å². The van der Waals surface area contributed by atoms with Gasteiger partial charge in [-0.2, -0.15) is 0 Å². The van der Waals surface area contributed by atoms with Gasteiger partial charge in [0.25, 0.3) is 0 Å². The standard InChI is InChI=1S/C5H9N3O.C5H9NO.C5H10O2.C4H11N/c1-2-3-4-5(9)7-8-6;1-2-3-4-6-5-7;1-2-3-4-5(6)7;1-2-3-4-5/h2-4H2,1H3;2-4H2,1H3;2-4H2,1H3,(H,6,7);2-5H2,1H3. The number of amides is 1. The van der Waals surface area contributed by atoms with Gasteiger partial charge in [0, 0.05) is 17.8 Å². The zero-order chi connectivity index (χ0) is 22.5. The normalized spacial score (nSPS) is 8.18. The predicted molar refractivity (Wildman–Crippen MR) is 113 cm³/mol. The molecular formula is C19H39N5O4. The van der Waals surface area contributed by atoms with E-state index < -0.39 is 5.97 Å². The maximum absolute atomic E-state index is 10.4. The Kier molecular flexibility index (Phi) is 42.7. The molecule has 164 valence electrons. The Morgan fingerprint density at radius 2 is 1.46 bits per heavy atom. The number of carboxylic acids is 1. The zero-order valence-corrected chi connectivity index (χ0v) is 18.0. The minimum atomic E-state index is -0.693. The van der Waals surface area contributed by atoms with Gasteiger partial charge >= 0.3 is 5.97 Å². The summed E-state index contributed by atoms with van der Waals surface area (Å²) < 4.78 is 0. The van der Waals surface area contributed by atoms with E-state index in [9.17, 15) is 14.4 Å². The summed E-state index contributed by atoms with van der Waals surface area (Å²) in [6.07, 6.45) is 10.2. The van der Waals surface area contributed by atoms with Crippen molar-refractivity contribution in [1.29, 1.82) is 0 Å². The maximum atomic E-state index is 10.4. The number of hydrogen-bond donors (Lipinski definition) is 2. The highest BCUT2D eigenvalue weighted by Crippen LogP contribution is 1.95. The van der Waals surface area contributed by atoms with Gasteiger partial charge in [-0.05, 0) is 42.9 Å². The van der Waals surface area contributed by atoms with Crippen molar-refractivity contribution < 1.29 is 19.5 Å². The SMILES string of the molecule is CCCCC(=O)N=[N+]=[N-].CCCCC(=O)O.CCCCN.CCCCN=C=O. The van der Waals surface area contributed by atoms with Crippen molar-refractivity contribution in [3.8, 4) is 0 Å². The molecule has 0 atom stereocenters. The zero-order valence-electron chi connectivity index (χ0n) is 18.0. The Morgan fingerprint density at radius 1 is 0.964 bits per heavy atom. The van der Waals surface area contributed by atoms with E-state index in [2.05, 4.69) is 28.9 Å². The van der Waals surface area contributed by atoms with Gasteiger partial charge in [-0.1, -0.05) is 53.4 Å². The Balaban J connectivity index is -0.000000140. The lowest BCUT2D eigenvalue weighted by molar-refractivity contribution is -0.137. The molecule has 0 saturated carbocycles. The third kappa shape index (κ3) is 56.5. The van der Waals surface area contributed by atoms with Crippen molar-refractivity contribution in [3.05, 3.63) is 10.4 Å². The average Bonchev–Trinajstić information content (AvgIpc) is 2.67. The number of isocyanates is 1. The van der Waals surface area contributed by atoms with E-state index in [1.807, 2.05) is 13.8 Å². The number of rotatable bonds is 11. The second kappa shape index (κ2) is 35.8. The maximum Gasteiger partial charge on any atom is 0.303 e. The average molecular weight is 402 g/mol. The van der Waals surface area contributed by atoms with Crippen molar-refractivity contribution in [2.45, 2.75) is 91.9 Å². The molecule has 0 aliphatic rings. The molecule has 28 heavy (non-hydrogen) atoms. The molecule has 9 heteroatoms. The van der Waals surface area contributed by atoms with Gasteiger partial charge in [0.1, 0.15) is 0 Å². The van der Waals surface area contributed by atoms with E-state index >= 15 is 0 Å². The fourth-order valence-corrected chi connectivity index (χ4v) is 1.24. The lowest BCUT2D eigenvalue weighted by Crippen LogP contribution is -1.95. The molecular weight excluding hydrogens is 362 g/mol. The van der Waals surface area contributed by atoms with Crippen LogP contribution < -0.4 is 5.73 Å². The molecule has 0 aromatic heterocycles. The summed E-state index contributed by atoms with van der Waals surface area (Å²) in [5.74, 6) is -1.05. The summed E-state index contributed by atoms with van der Waals surface area (Å²) in [5, 5.41) is 10.9. The summed E-state index contributed by atoms with van der Waals surface area (Å²) in [7, 11) is 0. The first-order valence-corrected chi connectivity index (χ1v) is 9.94. The van der Waals surface area contributed by atoms with Crippen LogP contribution in [0.1, 0.15) is 91.9 Å². The van der Waals surface area contributed by atoms with Gasteiger partial charge in [0.2, 0.25) is 12.0 Å². The molecule has 0 bridgehead atoms. The number of carbonyl (C=O) groups excluding carboxylic acids is 2. The Morgan fingerprint density at radius 3 is 1.75 bits per heavy atom. The summed E-state index contributed by atoms with van der Waals surface area (Å²) in [4.78, 5) is 35.2. The van der Waals surface area contributed by atoms with Crippen LogP contribution in [0.5, 0.6) is 0 Å². The van der Waals surface area contributed by atoms with E-state index in [1.165, 1.54) is 18.9 Å². The number of nitrogens with two attached hydrogens (primary N) is 1. The molecule has 9 nitrogen and oxygen atoms in total. The van der Waals surface area contributed by atoms with Gasteiger partial charge in [-0.15, -0.1) is 0 Å². The molecule has 0 aliphatic carbocycles. The molecule has 0 rings (SSSR count). The highest BCUT2D eigenvalue weighted by atomic mass is 16.4. The van der Waals surface area contributed by atoms with Crippen LogP contribution >= 0.6 is 0 Å². The van der Waals surface area contributed by atoms with Crippen molar-refractivity contribution in [2.75, 3.05) is 13.1 Å². The highest BCUT2D eigenvalue weighted by Gasteiger charge is 1.93. The van der Waals surface area contributed by atoms with Gasteiger partial charge in [0.05, 0.1) is 6.54 Å². The number of nitrogens with zero attached hydrogens (tertiary/aromatic N) is 4. The van der Waals surface area contributed by atoms with Crippen LogP contribution in [0.2, 0.25) is 0 Å². The number of carboxylic acid groups (broad SMARTS) is 1. The summed E-state index contributed by atoms with van der Waals surface area (Å²) in [6, 6.07) is 0. The van der Waals surface area contributed by atoms with E-state index in [4.69, 9.17) is 16.4 Å². The van der Waals surface area contributed by atoms with Crippen LogP contribution in [0.15, 0.2) is 10.1 Å². The first kappa shape index (κ1) is 33.4. The Bertz CT molecular complexity index is 424. The van der Waals surface area contributed by atoms with Gasteiger partial charge in [-0.3, -0.25) is 9.59 Å². The smallest absolute Gasteiger partial charge is 0.303 e. The topological polar surface area (TPSA) is 159 Å². The van der Waals surface area contributed by atoms with E-state index in [0.717, 1.165) is 45.1 Å². The molecule has 0 radical (unpaired) electrons. The van der Waals surface area contributed by atoms with Crippen molar-refractivity contribution in [3.63, 3.8) is 0 Å². The Hall–Kier alpha value is -2.21. The predicted octanol–water partition coefficient (Wildman–Crippen LogP) is 5.14. The molecule has 3 N–H and O–H groups in total. The molecule has 0 aromatic carbocycles. The van der Waals surface area contributed by atoms with Gasteiger partial charge in [0.15, 0.2) is 0 Å². The monoisotopic (exact) mass is 401 g/mol. The molecule has 0 heterocycles. The minimum Gasteiger partial charge on any atom is -0.481 e. The van der Waals surface area contributed by atoms with Crippen molar-refractivity contribution >= 4 is 18.0 Å². The summed E-state index contributed by atoms with van der Waals surface area (Å²) >= 11 is 0. The van der Waals surface area contributed by atoms with E-state index in [-0.39, 0.29) is 5.91 Å². The van der Waals surface area contributed by atoms with Crippen LogP contribution in [0.4, 0.5) is 0 Å². The third-order valence-electron chi connectivity index (χ3n) is 2.89. The number of aliphatic imine (C=N–C) groups is 1. The number of aliphatic carboxylic acids is 1. The minimum absolute atomic E-state index is 0.316. The Labute approximate surface area is 169 Å². The molecule has 0 aromatic rings. The van der Waals surface area contributed by atoms with Crippen LogP contribution in [0.3, 0.4) is 0 Å². The quantitative estimate of drug-likeness (QED) is 0.122. The number of azide groups is 1. The second-order valence-corrected chi connectivity index (χ2v) is 5.65. The van der Waals surface area contributed by atoms with Crippen LogP contribution in [-0.2, 0) is 14.4 Å². The molecule has 0 saturated heterocycles. The molecule has 0 spiro atoms. The second-order valence-electron chi connectivity index (χ2n) is 5.65. The van der Waals surface area contributed by atoms with Crippen LogP contribution in [0, 0.1) is 0 Å². The van der Waals surface area contributed by atoms with Gasteiger partial charge in [-0.25, -0.2) is 9.79 Å². The summed E-state index contributed by atoms with van der Waals surface area (Å²) in [6.45, 7) is 9.62. The number of carbonyl (C=O) groups is 2. The fourth-order valence-electron chi connectivity index (χ4n) is 1.24. The fraction of sp³-hybridized carbons (Fsp3) is 0.842. The van der Waals surface area contributed by atoms with E-state index in [1.54, 1.807) is 0 Å². The lowest BCUT2D eigenvalue weighted by Gasteiger charge is -1.86. The first-order valence-electron chi connectivity index (χ1n) is 9.94. The first-order chi connectivity index (χ1) is 13.4.